The topological polar surface area (TPSA) is 111 Å². The van der Waals surface area contributed by atoms with Gasteiger partial charge in [0.15, 0.2) is 0 Å². The molecule has 9 heteroatoms. The minimum atomic E-state index is -0.414. The molecular weight excluding hydrogens is 348 g/mol. The number of hydrogen-bond acceptors (Lipinski definition) is 6. The number of nitrogens with zero attached hydrogens (tertiary/aromatic N) is 2. The van der Waals surface area contributed by atoms with Crippen LogP contribution in [0.3, 0.4) is 0 Å². The van der Waals surface area contributed by atoms with Crippen LogP contribution >= 0.6 is 12.4 Å². The number of likely N-dealkylation sites (tertiary alicyclic amines) is 1. The maximum Gasteiger partial charge on any atom is 0.270 e. The molecule has 0 aromatic heterocycles. The lowest BCUT2D eigenvalue weighted by molar-refractivity contribution is -0.385. The predicted octanol–water partition coefficient (Wildman–Crippen LogP) is 1.31. The summed E-state index contributed by atoms with van der Waals surface area (Å²) in [5, 5.41) is 13.8. The first-order valence-corrected chi connectivity index (χ1v) is 8.06. The van der Waals surface area contributed by atoms with Crippen molar-refractivity contribution >= 4 is 24.0 Å². The van der Waals surface area contributed by atoms with Crippen LogP contribution in [-0.4, -0.2) is 49.0 Å². The molecule has 1 aromatic rings. The fraction of sp³-hybridized carbons (Fsp3) is 0.562. The Bertz CT molecular complexity index is 599. The molecule has 1 aromatic carbocycles. The number of amides is 1. The molecule has 3 N–H and O–H groups in total. The summed E-state index contributed by atoms with van der Waals surface area (Å²) in [6.07, 6.45) is 1.76. The molecule has 1 aliphatic rings. The maximum absolute atomic E-state index is 12.1. The number of nitrogens with two attached hydrogens (primary N) is 1. The summed E-state index contributed by atoms with van der Waals surface area (Å²) in [5.41, 5.74) is 6.21. The largest absolute Gasteiger partial charge is 0.496 e. The van der Waals surface area contributed by atoms with Gasteiger partial charge in [-0.2, -0.15) is 0 Å². The van der Waals surface area contributed by atoms with Crippen LogP contribution in [0.5, 0.6) is 5.75 Å². The number of halogens is 1. The van der Waals surface area contributed by atoms with Crippen molar-refractivity contribution in [3.63, 3.8) is 0 Å². The quantitative estimate of drug-likeness (QED) is 0.551. The molecule has 1 unspecified atom stereocenters. The highest BCUT2D eigenvalue weighted by Gasteiger charge is 2.26. The Balaban J connectivity index is 0.00000312. The summed E-state index contributed by atoms with van der Waals surface area (Å²) in [6, 6.07) is 4.58. The van der Waals surface area contributed by atoms with E-state index in [2.05, 4.69) is 10.2 Å². The Labute approximate surface area is 153 Å². The molecule has 2 rings (SSSR count). The zero-order valence-corrected chi connectivity index (χ0v) is 15.1. The van der Waals surface area contributed by atoms with Gasteiger partial charge >= 0.3 is 0 Å². The monoisotopic (exact) mass is 372 g/mol. The molecule has 1 aliphatic heterocycles. The Morgan fingerprint density at radius 3 is 2.92 bits per heavy atom. The van der Waals surface area contributed by atoms with Crippen molar-refractivity contribution in [1.82, 2.24) is 10.2 Å². The first-order valence-electron chi connectivity index (χ1n) is 8.06. The first-order chi connectivity index (χ1) is 11.5. The summed E-state index contributed by atoms with van der Waals surface area (Å²) >= 11 is 0. The van der Waals surface area contributed by atoms with E-state index in [1.165, 1.54) is 12.1 Å². The van der Waals surface area contributed by atoms with Crippen LogP contribution in [0, 0.1) is 16.0 Å². The van der Waals surface area contributed by atoms with Gasteiger partial charge in [0.05, 0.1) is 18.0 Å². The number of nitrogens with one attached hydrogen (secondary N) is 1. The number of benzene rings is 1. The lowest BCUT2D eigenvalue weighted by atomic mass is 9.96. The average molecular weight is 373 g/mol. The molecule has 0 spiro atoms. The van der Waals surface area contributed by atoms with Crippen LogP contribution in [0.15, 0.2) is 18.2 Å². The number of ether oxygens (including phenoxy) is 1. The van der Waals surface area contributed by atoms with Crippen molar-refractivity contribution < 1.29 is 14.5 Å². The zero-order valence-electron chi connectivity index (χ0n) is 14.3. The molecule has 1 saturated heterocycles. The Morgan fingerprint density at radius 1 is 1.52 bits per heavy atom. The molecule has 25 heavy (non-hydrogen) atoms. The number of rotatable bonds is 7. The van der Waals surface area contributed by atoms with Crippen molar-refractivity contribution in [2.75, 3.05) is 33.3 Å². The molecular formula is C16H25ClN4O4. The van der Waals surface area contributed by atoms with Gasteiger partial charge < -0.3 is 15.8 Å². The molecule has 8 nitrogen and oxygen atoms in total. The third kappa shape index (κ3) is 5.84. The van der Waals surface area contributed by atoms with Crippen molar-refractivity contribution in [2.24, 2.45) is 11.7 Å². The number of carbonyl (C=O) groups is 1. The van der Waals surface area contributed by atoms with E-state index in [9.17, 15) is 14.9 Å². The van der Waals surface area contributed by atoms with Gasteiger partial charge in [0.2, 0.25) is 5.91 Å². The molecule has 1 amide bonds. The fourth-order valence-electron chi connectivity index (χ4n) is 3.00. The Morgan fingerprint density at radius 2 is 2.28 bits per heavy atom. The van der Waals surface area contributed by atoms with E-state index in [4.69, 9.17) is 10.5 Å². The SMILES string of the molecule is COc1ccc([N+](=O)[O-])cc1CN1CCCC(C(=O)NCCN)C1.Cl. The fourth-order valence-corrected chi connectivity index (χ4v) is 3.00. The number of hydrogen-bond donors (Lipinski definition) is 2. The second-order valence-corrected chi connectivity index (χ2v) is 5.91. The van der Waals surface area contributed by atoms with Gasteiger partial charge in [-0.05, 0) is 25.5 Å². The molecule has 0 aliphatic carbocycles. The minimum Gasteiger partial charge on any atom is -0.496 e. The van der Waals surface area contributed by atoms with Gasteiger partial charge in [0.1, 0.15) is 5.75 Å². The predicted molar refractivity (Wildman–Crippen MR) is 97.0 cm³/mol. The highest BCUT2D eigenvalue weighted by molar-refractivity contribution is 5.85. The van der Waals surface area contributed by atoms with Gasteiger partial charge in [0, 0.05) is 43.9 Å². The van der Waals surface area contributed by atoms with Crippen molar-refractivity contribution in [3.8, 4) is 5.75 Å². The van der Waals surface area contributed by atoms with Gasteiger partial charge in [-0.3, -0.25) is 19.8 Å². The third-order valence-electron chi connectivity index (χ3n) is 4.19. The standard InChI is InChI=1S/C16H24N4O4.ClH/c1-24-15-5-4-14(20(22)23)9-13(15)11-19-8-2-3-12(10-19)16(21)18-7-6-17;/h4-5,9,12H,2-3,6-8,10-11,17H2,1H3,(H,18,21);1H. The summed E-state index contributed by atoms with van der Waals surface area (Å²) < 4.78 is 5.31. The molecule has 1 atom stereocenters. The van der Waals surface area contributed by atoms with Crippen LogP contribution in [0.25, 0.3) is 0 Å². The summed E-state index contributed by atoms with van der Waals surface area (Å²) in [7, 11) is 1.55. The van der Waals surface area contributed by atoms with Crippen LogP contribution in [0.1, 0.15) is 18.4 Å². The average Bonchev–Trinajstić information content (AvgIpc) is 2.59. The number of nitro groups is 1. The van der Waals surface area contributed by atoms with Crippen molar-refractivity contribution in [2.45, 2.75) is 19.4 Å². The number of nitro benzene ring substituents is 1. The normalized spacial score (nSPS) is 17.4. The lowest BCUT2D eigenvalue weighted by Crippen LogP contribution is -2.43. The molecule has 0 bridgehead atoms. The van der Waals surface area contributed by atoms with Gasteiger partial charge in [-0.1, -0.05) is 0 Å². The van der Waals surface area contributed by atoms with E-state index in [0.29, 0.717) is 31.9 Å². The van der Waals surface area contributed by atoms with E-state index < -0.39 is 4.92 Å². The van der Waals surface area contributed by atoms with Gasteiger partial charge in [-0.25, -0.2) is 0 Å². The maximum atomic E-state index is 12.1. The Hall–Kier alpha value is -1.90. The molecule has 1 fully saturated rings. The van der Waals surface area contributed by atoms with Crippen LogP contribution < -0.4 is 15.8 Å². The number of carbonyl (C=O) groups excluding carboxylic acids is 1. The van der Waals surface area contributed by atoms with Crippen molar-refractivity contribution in [1.29, 1.82) is 0 Å². The van der Waals surface area contributed by atoms with E-state index in [-0.39, 0.29) is 29.9 Å². The van der Waals surface area contributed by atoms with E-state index in [1.54, 1.807) is 13.2 Å². The highest BCUT2D eigenvalue weighted by atomic mass is 35.5. The number of non-ortho nitro benzene ring substituents is 1. The van der Waals surface area contributed by atoms with E-state index in [0.717, 1.165) is 24.9 Å². The van der Waals surface area contributed by atoms with Crippen LogP contribution in [0.4, 0.5) is 5.69 Å². The Kier molecular flexibility index (Phi) is 8.60. The summed E-state index contributed by atoms with van der Waals surface area (Å²) in [5.74, 6) is 0.571. The second kappa shape index (κ2) is 10.2. The van der Waals surface area contributed by atoms with E-state index >= 15 is 0 Å². The zero-order chi connectivity index (χ0) is 17.5. The molecule has 1 heterocycles. The van der Waals surface area contributed by atoms with Crippen LogP contribution in [-0.2, 0) is 11.3 Å². The van der Waals surface area contributed by atoms with Gasteiger partial charge in [-0.15, -0.1) is 12.4 Å². The highest BCUT2D eigenvalue weighted by Crippen LogP contribution is 2.27. The number of methoxy groups -OCH3 is 1. The minimum absolute atomic E-state index is 0. The van der Waals surface area contributed by atoms with Crippen LogP contribution in [0.2, 0.25) is 0 Å². The molecule has 140 valence electrons. The summed E-state index contributed by atoms with van der Waals surface area (Å²) in [4.78, 5) is 24.8. The van der Waals surface area contributed by atoms with Gasteiger partial charge in [0.25, 0.3) is 5.69 Å². The van der Waals surface area contributed by atoms with Crippen molar-refractivity contribution in [3.05, 3.63) is 33.9 Å². The lowest BCUT2D eigenvalue weighted by Gasteiger charge is -2.32. The number of piperidine rings is 1. The van der Waals surface area contributed by atoms with E-state index in [1.807, 2.05) is 0 Å². The molecule has 0 saturated carbocycles. The first kappa shape index (κ1) is 21.1. The second-order valence-electron chi connectivity index (χ2n) is 5.91. The third-order valence-corrected chi connectivity index (χ3v) is 4.19. The summed E-state index contributed by atoms with van der Waals surface area (Å²) in [6.45, 7) is 2.90. The smallest absolute Gasteiger partial charge is 0.270 e. The molecule has 0 radical (unpaired) electrons.